The van der Waals surface area contributed by atoms with Gasteiger partial charge in [0.15, 0.2) is 6.61 Å². The lowest BCUT2D eigenvalue weighted by Gasteiger charge is -2.20. The maximum absolute atomic E-state index is 12.7. The number of hydrogen-bond acceptors (Lipinski definition) is 5. The van der Waals surface area contributed by atoms with Crippen molar-refractivity contribution in [3.05, 3.63) is 60.2 Å². The number of fused-ring (bicyclic) bond motifs is 1. The highest BCUT2D eigenvalue weighted by Gasteiger charge is 2.18. The molecule has 0 bridgehead atoms. The van der Waals surface area contributed by atoms with Gasteiger partial charge < -0.3 is 15.2 Å². The molecule has 0 aliphatic carbocycles. The second-order valence-corrected chi connectivity index (χ2v) is 7.49. The average molecular weight is 378 g/mol. The molecule has 3 rings (SSSR count). The molecule has 0 radical (unpaired) electrons. The average Bonchev–Trinajstić information content (AvgIpc) is 2.64. The van der Waals surface area contributed by atoms with E-state index in [1.54, 1.807) is 36.4 Å². The normalized spacial score (nSPS) is 11.2. The first-order valence-corrected chi connectivity index (χ1v) is 8.90. The highest BCUT2D eigenvalue weighted by atomic mass is 16.5. The maximum Gasteiger partial charge on any atom is 0.339 e. The molecule has 0 unspecified atom stereocenters. The Morgan fingerprint density at radius 3 is 2.43 bits per heavy atom. The van der Waals surface area contributed by atoms with Crippen LogP contribution in [0.4, 0.5) is 0 Å². The monoisotopic (exact) mass is 378 g/mol. The van der Waals surface area contributed by atoms with Gasteiger partial charge in [-0.05, 0) is 57.2 Å². The number of ether oxygens (including phenoxy) is 1. The molecule has 3 aromatic rings. The lowest BCUT2D eigenvalue weighted by molar-refractivity contribution is -0.125. The van der Waals surface area contributed by atoms with Crippen LogP contribution in [0.1, 0.15) is 31.1 Å². The third-order valence-corrected chi connectivity index (χ3v) is 3.95. The number of nitrogens with zero attached hydrogens (tertiary/aromatic N) is 1. The fraction of sp³-hybridized carbons (Fsp3) is 0.227. The molecule has 6 heteroatoms. The number of amides is 1. The van der Waals surface area contributed by atoms with Gasteiger partial charge in [0.05, 0.1) is 16.8 Å². The molecule has 0 fully saturated rings. The van der Waals surface area contributed by atoms with Crippen LogP contribution in [-0.2, 0) is 9.53 Å². The first-order valence-electron chi connectivity index (χ1n) is 8.90. The summed E-state index contributed by atoms with van der Waals surface area (Å²) in [7, 11) is 0. The molecule has 0 aliphatic rings. The molecule has 1 aromatic heterocycles. The van der Waals surface area contributed by atoms with E-state index in [2.05, 4.69) is 10.3 Å². The summed E-state index contributed by atoms with van der Waals surface area (Å²) in [5.41, 5.74) is 1.89. The first kappa shape index (κ1) is 19.4. The number of carbonyl (C=O) groups excluding carboxylic acids is 2. The Kier molecular flexibility index (Phi) is 5.31. The Morgan fingerprint density at radius 2 is 1.75 bits per heavy atom. The fourth-order valence-electron chi connectivity index (χ4n) is 2.79. The minimum Gasteiger partial charge on any atom is -0.508 e. The molecule has 2 N–H and O–H groups in total. The molecule has 0 atom stereocenters. The quantitative estimate of drug-likeness (QED) is 0.676. The van der Waals surface area contributed by atoms with Crippen LogP contribution in [0.3, 0.4) is 0 Å². The van der Waals surface area contributed by atoms with Crippen molar-refractivity contribution < 1.29 is 19.4 Å². The molecule has 0 aliphatic heterocycles. The number of phenols is 1. The predicted octanol–water partition coefficient (Wildman–Crippen LogP) is 3.68. The van der Waals surface area contributed by atoms with E-state index in [4.69, 9.17) is 4.74 Å². The van der Waals surface area contributed by atoms with Gasteiger partial charge in [-0.25, -0.2) is 9.78 Å². The zero-order chi connectivity index (χ0) is 20.3. The number of hydrogen-bond donors (Lipinski definition) is 2. The molecule has 0 saturated carbocycles. The first-order chi connectivity index (χ1) is 13.2. The van der Waals surface area contributed by atoms with E-state index in [0.717, 1.165) is 5.56 Å². The van der Waals surface area contributed by atoms with Crippen LogP contribution in [-0.4, -0.2) is 34.1 Å². The number of carbonyl (C=O) groups is 2. The van der Waals surface area contributed by atoms with Gasteiger partial charge in [-0.3, -0.25) is 4.79 Å². The van der Waals surface area contributed by atoms with Crippen LogP contribution in [0, 0.1) is 0 Å². The summed E-state index contributed by atoms with van der Waals surface area (Å²) in [5, 5.41) is 12.9. The lowest BCUT2D eigenvalue weighted by atomic mass is 10.0. The zero-order valence-corrected chi connectivity index (χ0v) is 16.0. The smallest absolute Gasteiger partial charge is 0.339 e. The van der Waals surface area contributed by atoms with Gasteiger partial charge in [-0.1, -0.05) is 18.2 Å². The van der Waals surface area contributed by atoms with E-state index in [-0.39, 0.29) is 18.3 Å². The van der Waals surface area contributed by atoms with Crippen molar-refractivity contribution in [1.82, 2.24) is 10.3 Å². The van der Waals surface area contributed by atoms with Crippen molar-refractivity contribution in [3.63, 3.8) is 0 Å². The van der Waals surface area contributed by atoms with Crippen LogP contribution >= 0.6 is 0 Å². The second-order valence-electron chi connectivity index (χ2n) is 7.49. The zero-order valence-electron chi connectivity index (χ0n) is 16.0. The molecule has 1 amide bonds. The number of para-hydroxylation sites is 1. The van der Waals surface area contributed by atoms with E-state index in [0.29, 0.717) is 22.2 Å². The summed E-state index contributed by atoms with van der Waals surface area (Å²) in [6.45, 7) is 5.20. The summed E-state index contributed by atoms with van der Waals surface area (Å²) in [6, 6.07) is 15.4. The van der Waals surface area contributed by atoms with Crippen LogP contribution < -0.4 is 5.32 Å². The van der Waals surface area contributed by atoms with Crippen LogP contribution in [0.2, 0.25) is 0 Å². The SMILES string of the molecule is CC(C)(C)NC(=O)COC(=O)c1cc(-c2ccc(O)cc2)nc2ccccc12. The third-order valence-electron chi connectivity index (χ3n) is 3.95. The Balaban J connectivity index is 1.91. The molecule has 0 spiro atoms. The maximum atomic E-state index is 12.7. The predicted molar refractivity (Wildman–Crippen MR) is 107 cm³/mol. The molecule has 144 valence electrons. The Hall–Kier alpha value is -3.41. The van der Waals surface area contributed by atoms with Crippen LogP contribution in [0.25, 0.3) is 22.2 Å². The van der Waals surface area contributed by atoms with Crippen molar-refractivity contribution >= 4 is 22.8 Å². The van der Waals surface area contributed by atoms with Crippen molar-refractivity contribution in [2.24, 2.45) is 0 Å². The topological polar surface area (TPSA) is 88.5 Å². The minimum absolute atomic E-state index is 0.147. The largest absolute Gasteiger partial charge is 0.508 e. The number of aromatic nitrogens is 1. The molecule has 28 heavy (non-hydrogen) atoms. The van der Waals surface area contributed by atoms with Gasteiger partial charge in [0, 0.05) is 16.5 Å². The molecule has 2 aromatic carbocycles. The van der Waals surface area contributed by atoms with Crippen LogP contribution in [0.5, 0.6) is 5.75 Å². The number of benzene rings is 2. The van der Waals surface area contributed by atoms with Crippen molar-refractivity contribution in [2.75, 3.05) is 6.61 Å². The van der Waals surface area contributed by atoms with Gasteiger partial charge in [-0.15, -0.1) is 0 Å². The standard InChI is InChI=1S/C22H22N2O4/c1-22(2,3)24-20(26)13-28-21(27)17-12-19(14-8-10-15(25)11-9-14)23-18-7-5-4-6-16(17)18/h4-12,25H,13H2,1-3H3,(H,24,26). The molecular weight excluding hydrogens is 356 g/mol. The summed E-state index contributed by atoms with van der Waals surface area (Å²) < 4.78 is 5.24. The van der Waals surface area contributed by atoms with Gasteiger partial charge in [0.25, 0.3) is 5.91 Å². The van der Waals surface area contributed by atoms with E-state index in [1.807, 2.05) is 39.0 Å². The summed E-state index contributed by atoms with van der Waals surface area (Å²) in [4.78, 5) is 29.2. The van der Waals surface area contributed by atoms with Crippen LogP contribution in [0.15, 0.2) is 54.6 Å². The Bertz CT molecular complexity index is 1020. The molecule has 6 nitrogen and oxygen atoms in total. The highest BCUT2D eigenvalue weighted by molar-refractivity contribution is 6.05. The van der Waals surface area contributed by atoms with Gasteiger partial charge >= 0.3 is 5.97 Å². The summed E-state index contributed by atoms with van der Waals surface area (Å²) in [6.07, 6.45) is 0. The highest BCUT2D eigenvalue weighted by Crippen LogP contribution is 2.26. The molecule has 1 heterocycles. The number of phenolic OH excluding ortho intramolecular Hbond substituents is 1. The third kappa shape index (κ3) is 4.65. The van der Waals surface area contributed by atoms with E-state index in [1.165, 1.54) is 0 Å². The van der Waals surface area contributed by atoms with E-state index in [9.17, 15) is 14.7 Å². The number of rotatable bonds is 4. The lowest BCUT2D eigenvalue weighted by Crippen LogP contribution is -2.42. The Labute approximate surface area is 163 Å². The molecule has 0 saturated heterocycles. The van der Waals surface area contributed by atoms with Gasteiger partial charge in [-0.2, -0.15) is 0 Å². The van der Waals surface area contributed by atoms with Crippen molar-refractivity contribution in [3.8, 4) is 17.0 Å². The number of pyridine rings is 1. The number of aromatic hydroxyl groups is 1. The van der Waals surface area contributed by atoms with Gasteiger partial charge in [0.1, 0.15) is 5.75 Å². The summed E-state index contributed by atoms with van der Waals surface area (Å²) >= 11 is 0. The van der Waals surface area contributed by atoms with E-state index >= 15 is 0 Å². The fourth-order valence-corrected chi connectivity index (χ4v) is 2.79. The minimum atomic E-state index is -0.595. The van der Waals surface area contributed by atoms with Crippen molar-refractivity contribution in [2.45, 2.75) is 26.3 Å². The van der Waals surface area contributed by atoms with Crippen molar-refractivity contribution in [1.29, 1.82) is 0 Å². The second kappa shape index (κ2) is 7.68. The summed E-state index contributed by atoms with van der Waals surface area (Å²) in [5.74, 6) is -0.810. The number of nitrogens with one attached hydrogen (secondary N) is 1. The van der Waals surface area contributed by atoms with Gasteiger partial charge in [0.2, 0.25) is 0 Å². The Morgan fingerprint density at radius 1 is 1.07 bits per heavy atom. The molecular formula is C22H22N2O4. The van der Waals surface area contributed by atoms with E-state index < -0.39 is 11.5 Å². The number of esters is 1.